The van der Waals surface area contributed by atoms with E-state index in [0.717, 1.165) is 0 Å². The highest BCUT2D eigenvalue weighted by atomic mass is 19.1. The lowest BCUT2D eigenvalue weighted by Crippen LogP contribution is -2.25. The zero-order valence-electron chi connectivity index (χ0n) is 16.5. The number of rotatable bonds is 5. The molecule has 0 saturated carbocycles. The molecule has 0 spiro atoms. The Hall–Kier alpha value is -3.62. The van der Waals surface area contributed by atoms with Gasteiger partial charge in [-0.25, -0.2) is 9.07 Å². The fraction of sp³-hybridized carbons (Fsp3) is 0.250. The number of aliphatic carboxylic acids is 1. The van der Waals surface area contributed by atoms with Crippen LogP contribution in [0.15, 0.2) is 41.3 Å². The van der Waals surface area contributed by atoms with Crippen LogP contribution in [0.4, 0.5) is 15.9 Å². The fourth-order valence-corrected chi connectivity index (χ4v) is 2.86. The molecule has 0 aliphatic carbocycles. The van der Waals surface area contributed by atoms with Gasteiger partial charge in [0.05, 0.1) is 17.8 Å². The van der Waals surface area contributed by atoms with Gasteiger partial charge in [-0.2, -0.15) is 5.10 Å². The maximum absolute atomic E-state index is 13.2. The van der Waals surface area contributed by atoms with Crippen molar-refractivity contribution >= 4 is 17.5 Å². The van der Waals surface area contributed by atoms with E-state index >= 15 is 0 Å². The number of nitrogens with zero attached hydrogens (tertiary/aromatic N) is 3. The number of anilines is 2. The molecule has 0 amide bonds. The van der Waals surface area contributed by atoms with Gasteiger partial charge in [-0.05, 0) is 30.7 Å². The summed E-state index contributed by atoms with van der Waals surface area (Å²) in [5.74, 6) is -1.12. The van der Waals surface area contributed by atoms with Crippen molar-refractivity contribution in [1.82, 2.24) is 14.3 Å². The number of carbonyl (C=O) groups is 1. The minimum absolute atomic E-state index is 0.00704. The third-order valence-corrected chi connectivity index (χ3v) is 4.20. The van der Waals surface area contributed by atoms with Crippen molar-refractivity contribution in [3.8, 4) is 16.8 Å². The molecule has 0 aliphatic rings. The van der Waals surface area contributed by atoms with Gasteiger partial charge >= 0.3 is 5.97 Å². The van der Waals surface area contributed by atoms with Crippen LogP contribution in [0.25, 0.3) is 16.8 Å². The van der Waals surface area contributed by atoms with Crippen LogP contribution in [-0.2, 0) is 11.3 Å². The molecule has 3 aromatic rings. The number of hydrogen-bond donors (Lipinski definition) is 3. The highest BCUT2D eigenvalue weighted by Crippen LogP contribution is 2.32. The summed E-state index contributed by atoms with van der Waals surface area (Å²) in [6, 6.07) is 7.38. The largest absolute Gasteiger partial charge is 0.481 e. The Bertz CT molecular complexity index is 1070. The Balaban J connectivity index is 0.00000145. The number of carboxylic acids is 1. The number of nitrogens with two attached hydrogens (primary N) is 2. The number of hydrogen-bond acceptors (Lipinski definition) is 5. The molecule has 3 rings (SSSR count). The van der Waals surface area contributed by atoms with Gasteiger partial charge in [0.25, 0.3) is 5.56 Å². The molecule has 0 bridgehead atoms. The molecule has 0 unspecified atom stereocenters. The van der Waals surface area contributed by atoms with E-state index in [1.165, 1.54) is 27.6 Å². The molecule has 2 heterocycles. The van der Waals surface area contributed by atoms with Crippen LogP contribution in [0, 0.1) is 12.7 Å². The highest BCUT2D eigenvalue weighted by Gasteiger charge is 2.18. The third kappa shape index (κ3) is 4.45. The van der Waals surface area contributed by atoms with Gasteiger partial charge in [0.2, 0.25) is 0 Å². The van der Waals surface area contributed by atoms with Crippen LogP contribution in [0.1, 0.15) is 26.0 Å². The molecule has 0 radical (unpaired) electrons. The number of pyridine rings is 1. The van der Waals surface area contributed by atoms with Gasteiger partial charge in [0, 0.05) is 18.3 Å². The second-order valence-electron chi connectivity index (χ2n) is 6.02. The molecule has 29 heavy (non-hydrogen) atoms. The van der Waals surface area contributed by atoms with E-state index in [1.54, 1.807) is 25.1 Å². The summed E-state index contributed by atoms with van der Waals surface area (Å²) < 4.78 is 15.8. The topological polar surface area (TPSA) is 129 Å². The van der Waals surface area contributed by atoms with E-state index in [1.807, 2.05) is 13.8 Å². The monoisotopic (exact) mass is 401 g/mol. The Morgan fingerprint density at radius 1 is 1.17 bits per heavy atom. The molecule has 9 heteroatoms. The van der Waals surface area contributed by atoms with Crippen LogP contribution in [0.3, 0.4) is 0 Å². The van der Waals surface area contributed by atoms with Crippen LogP contribution in [-0.4, -0.2) is 25.4 Å². The second kappa shape index (κ2) is 9.05. The number of aromatic nitrogens is 3. The first kappa shape index (κ1) is 21.7. The van der Waals surface area contributed by atoms with E-state index in [9.17, 15) is 14.0 Å². The number of carboxylic acid groups (broad SMARTS) is 1. The van der Waals surface area contributed by atoms with Gasteiger partial charge < -0.3 is 21.1 Å². The lowest BCUT2D eigenvalue weighted by molar-refractivity contribution is -0.137. The first-order chi connectivity index (χ1) is 13.8. The Morgan fingerprint density at radius 3 is 2.38 bits per heavy atom. The van der Waals surface area contributed by atoms with Crippen molar-refractivity contribution in [2.45, 2.75) is 33.7 Å². The molecule has 5 N–H and O–H groups in total. The number of benzene rings is 1. The minimum Gasteiger partial charge on any atom is -0.481 e. The highest BCUT2D eigenvalue weighted by molar-refractivity contribution is 5.78. The SMILES string of the molecule is CC.Cc1nn(-c2ccn(CCC(=O)O)c(=O)c2N)c(N)c1-c1ccc(F)cc1. The summed E-state index contributed by atoms with van der Waals surface area (Å²) in [5, 5.41) is 13.1. The van der Waals surface area contributed by atoms with E-state index in [2.05, 4.69) is 5.10 Å². The third-order valence-electron chi connectivity index (χ3n) is 4.20. The van der Waals surface area contributed by atoms with Crippen LogP contribution >= 0.6 is 0 Å². The van der Waals surface area contributed by atoms with Crippen molar-refractivity contribution < 1.29 is 14.3 Å². The summed E-state index contributed by atoms with van der Waals surface area (Å²) in [6.07, 6.45) is 1.25. The van der Waals surface area contributed by atoms with E-state index < -0.39 is 11.5 Å². The molecule has 0 atom stereocenters. The van der Waals surface area contributed by atoms with Gasteiger partial charge in [0.1, 0.15) is 17.3 Å². The Morgan fingerprint density at radius 2 is 1.79 bits per heavy atom. The lowest BCUT2D eigenvalue weighted by atomic mass is 10.1. The molecule has 2 aromatic heterocycles. The first-order valence-electron chi connectivity index (χ1n) is 9.11. The fourth-order valence-electron chi connectivity index (χ4n) is 2.86. The molecule has 0 fully saturated rings. The van der Waals surface area contributed by atoms with E-state index in [4.69, 9.17) is 16.6 Å². The van der Waals surface area contributed by atoms with E-state index in [0.29, 0.717) is 22.5 Å². The molecule has 8 nitrogen and oxygen atoms in total. The van der Waals surface area contributed by atoms with Crippen molar-refractivity contribution in [1.29, 1.82) is 0 Å². The zero-order chi connectivity index (χ0) is 21.7. The normalized spacial score (nSPS) is 10.3. The van der Waals surface area contributed by atoms with Crippen LogP contribution < -0.4 is 17.0 Å². The van der Waals surface area contributed by atoms with Crippen molar-refractivity contribution in [2.75, 3.05) is 11.5 Å². The average molecular weight is 401 g/mol. The van der Waals surface area contributed by atoms with Crippen molar-refractivity contribution in [3.63, 3.8) is 0 Å². The average Bonchev–Trinajstić information content (AvgIpc) is 2.99. The second-order valence-corrected chi connectivity index (χ2v) is 6.02. The maximum Gasteiger partial charge on any atom is 0.305 e. The summed E-state index contributed by atoms with van der Waals surface area (Å²) in [5.41, 5.74) is 13.8. The molecular formula is C20H24FN5O3. The molecule has 1 aromatic carbocycles. The number of halogens is 1. The zero-order valence-corrected chi connectivity index (χ0v) is 16.5. The Kier molecular flexibility index (Phi) is 6.76. The van der Waals surface area contributed by atoms with Gasteiger partial charge in [-0.1, -0.05) is 26.0 Å². The molecule has 154 valence electrons. The van der Waals surface area contributed by atoms with Crippen molar-refractivity contribution in [3.05, 3.63) is 58.4 Å². The van der Waals surface area contributed by atoms with Gasteiger partial charge in [0.15, 0.2) is 0 Å². The molecule has 0 aliphatic heterocycles. The quantitative estimate of drug-likeness (QED) is 0.603. The number of nitrogen functional groups attached to an aromatic ring is 2. The maximum atomic E-state index is 13.2. The van der Waals surface area contributed by atoms with Crippen LogP contribution in [0.5, 0.6) is 0 Å². The van der Waals surface area contributed by atoms with Crippen molar-refractivity contribution in [2.24, 2.45) is 0 Å². The van der Waals surface area contributed by atoms with Gasteiger partial charge in [-0.3, -0.25) is 9.59 Å². The summed E-state index contributed by atoms with van der Waals surface area (Å²) >= 11 is 0. The minimum atomic E-state index is -1.01. The first-order valence-corrected chi connectivity index (χ1v) is 9.11. The summed E-state index contributed by atoms with van der Waals surface area (Å²) in [7, 11) is 0. The Labute approximate surface area is 167 Å². The van der Waals surface area contributed by atoms with E-state index in [-0.39, 0.29) is 30.3 Å². The predicted molar refractivity (Wildman–Crippen MR) is 110 cm³/mol. The summed E-state index contributed by atoms with van der Waals surface area (Å²) in [4.78, 5) is 23.1. The predicted octanol–water partition coefficient (Wildman–Crippen LogP) is 2.81. The van der Waals surface area contributed by atoms with Crippen LogP contribution in [0.2, 0.25) is 0 Å². The summed E-state index contributed by atoms with van der Waals surface area (Å²) in [6.45, 7) is 5.75. The molecular weight excluding hydrogens is 377 g/mol. The number of aryl methyl sites for hydroxylation is 2. The lowest BCUT2D eigenvalue weighted by Gasteiger charge is -2.11. The smallest absolute Gasteiger partial charge is 0.305 e. The standard InChI is InChI=1S/C18H18FN5O3.C2H6/c1-10-15(11-2-4-12(19)5-3-11)17(21)24(22-10)13-6-8-23(9-7-14(25)26)18(27)16(13)20;1-2/h2-6,8H,7,9,20-21H2,1H3,(H,25,26);1-2H3. The van der Waals surface area contributed by atoms with Gasteiger partial charge in [-0.15, -0.1) is 0 Å². The molecule has 0 saturated heterocycles.